The Hall–Kier alpha value is -0.200. The topological polar surface area (TPSA) is 43.0 Å². The summed E-state index contributed by atoms with van der Waals surface area (Å²) in [5, 5.41) is 3.44. The smallest absolute Gasteiger partial charge is 0.0628 e. The van der Waals surface area contributed by atoms with E-state index in [0.29, 0.717) is 6.04 Å². The normalized spacial score (nSPS) is 13.2. The van der Waals surface area contributed by atoms with Gasteiger partial charge in [0.2, 0.25) is 0 Å². The van der Waals surface area contributed by atoms with Gasteiger partial charge in [-0.3, -0.25) is 4.90 Å². The molecule has 0 aromatic carbocycles. The highest BCUT2D eigenvalue weighted by Gasteiger charge is 2.12. The molecular weight excluding hydrogens is 232 g/mol. The number of nitrogens with one attached hydrogen (secondary N) is 1. The fourth-order valence-electron chi connectivity index (χ4n) is 1.92. The zero-order valence-electron chi connectivity index (χ0n) is 12.4. The summed E-state index contributed by atoms with van der Waals surface area (Å²) in [6, 6.07) is 0.374. The molecule has 0 aromatic rings. The summed E-state index contributed by atoms with van der Waals surface area (Å²) in [5.74, 6) is 0. The first-order valence-corrected chi connectivity index (χ1v) is 6.71. The van der Waals surface area contributed by atoms with E-state index < -0.39 is 0 Å². The quantitative estimate of drug-likeness (QED) is 0.492. The maximum Gasteiger partial charge on any atom is 0.0628 e. The highest BCUT2D eigenvalue weighted by Crippen LogP contribution is 1.97. The Morgan fingerprint density at radius 2 is 1.72 bits per heavy atom. The lowest BCUT2D eigenvalue weighted by molar-refractivity contribution is 0.105. The van der Waals surface area contributed by atoms with Crippen LogP contribution < -0.4 is 5.32 Å². The summed E-state index contributed by atoms with van der Waals surface area (Å²) < 4.78 is 15.5. The maximum atomic E-state index is 5.24. The molecule has 5 nitrogen and oxygen atoms in total. The Balaban J connectivity index is 4.06. The van der Waals surface area contributed by atoms with Crippen molar-refractivity contribution in [3.63, 3.8) is 0 Å². The molecule has 1 N–H and O–H groups in total. The van der Waals surface area contributed by atoms with Gasteiger partial charge in [-0.2, -0.15) is 0 Å². The zero-order chi connectivity index (χ0) is 13.6. The first-order chi connectivity index (χ1) is 8.78. The number of likely N-dealkylation sites (N-methyl/N-ethyl adjacent to an activating group) is 1. The van der Waals surface area contributed by atoms with Gasteiger partial charge in [-0.05, 0) is 13.0 Å². The molecule has 0 heterocycles. The van der Waals surface area contributed by atoms with Crippen LogP contribution in [0.15, 0.2) is 0 Å². The van der Waals surface area contributed by atoms with Crippen molar-refractivity contribution in [2.24, 2.45) is 0 Å². The van der Waals surface area contributed by atoms with Crippen LogP contribution in [0, 0.1) is 0 Å². The summed E-state index contributed by atoms with van der Waals surface area (Å²) in [7, 11) is 5.23. The van der Waals surface area contributed by atoms with Crippen LogP contribution in [0.3, 0.4) is 0 Å². The van der Waals surface area contributed by atoms with Gasteiger partial charge in [0.05, 0.1) is 13.2 Å². The van der Waals surface area contributed by atoms with E-state index in [4.69, 9.17) is 14.2 Å². The summed E-state index contributed by atoms with van der Waals surface area (Å²) in [4.78, 5) is 2.40. The van der Waals surface area contributed by atoms with Crippen LogP contribution >= 0.6 is 0 Å². The third-order valence-electron chi connectivity index (χ3n) is 2.77. The van der Waals surface area contributed by atoms with Crippen LogP contribution in [0.5, 0.6) is 0 Å². The van der Waals surface area contributed by atoms with Gasteiger partial charge in [0, 0.05) is 53.6 Å². The van der Waals surface area contributed by atoms with Gasteiger partial charge in [0.25, 0.3) is 0 Å². The molecule has 110 valence electrons. The van der Waals surface area contributed by atoms with Crippen molar-refractivity contribution in [1.29, 1.82) is 0 Å². The van der Waals surface area contributed by atoms with Crippen molar-refractivity contribution in [2.75, 3.05) is 67.3 Å². The van der Waals surface area contributed by atoms with E-state index in [2.05, 4.69) is 17.1 Å². The fraction of sp³-hybridized carbons (Fsp3) is 1.00. The number of rotatable bonds is 13. The minimum Gasteiger partial charge on any atom is -0.385 e. The van der Waals surface area contributed by atoms with Gasteiger partial charge < -0.3 is 19.5 Å². The number of nitrogens with zero attached hydrogens (tertiary/aromatic N) is 1. The fourth-order valence-corrected chi connectivity index (χ4v) is 1.92. The molecule has 0 aliphatic carbocycles. The summed E-state index contributed by atoms with van der Waals surface area (Å²) >= 11 is 0. The Kier molecular flexibility index (Phi) is 13.1. The second kappa shape index (κ2) is 13.2. The third-order valence-corrected chi connectivity index (χ3v) is 2.77. The van der Waals surface area contributed by atoms with E-state index in [0.717, 1.165) is 52.4 Å². The highest BCUT2D eigenvalue weighted by molar-refractivity contribution is 4.71. The Labute approximate surface area is 112 Å². The minimum absolute atomic E-state index is 0.374. The molecule has 0 saturated heterocycles. The lowest BCUT2D eigenvalue weighted by Crippen LogP contribution is -2.45. The largest absolute Gasteiger partial charge is 0.385 e. The van der Waals surface area contributed by atoms with Crippen LogP contribution in [0.2, 0.25) is 0 Å². The lowest BCUT2D eigenvalue weighted by Gasteiger charge is -2.27. The SMILES string of the molecule is CCNC(COC)CN(CCCOC)CCOC. The molecule has 0 spiro atoms. The van der Waals surface area contributed by atoms with E-state index in [9.17, 15) is 0 Å². The van der Waals surface area contributed by atoms with Crippen LogP contribution in [-0.2, 0) is 14.2 Å². The van der Waals surface area contributed by atoms with Crippen molar-refractivity contribution in [3.8, 4) is 0 Å². The Morgan fingerprint density at radius 3 is 2.28 bits per heavy atom. The van der Waals surface area contributed by atoms with Crippen LogP contribution in [0.1, 0.15) is 13.3 Å². The van der Waals surface area contributed by atoms with Crippen molar-refractivity contribution in [1.82, 2.24) is 10.2 Å². The third kappa shape index (κ3) is 9.79. The first-order valence-electron chi connectivity index (χ1n) is 6.71. The highest BCUT2D eigenvalue weighted by atomic mass is 16.5. The molecule has 18 heavy (non-hydrogen) atoms. The maximum absolute atomic E-state index is 5.24. The minimum atomic E-state index is 0.374. The van der Waals surface area contributed by atoms with Crippen molar-refractivity contribution in [2.45, 2.75) is 19.4 Å². The molecule has 0 saturated carbocycles. The van der Waals surface area contributed by atoms with E-state index in [1.54, 1.807) is 21.3 Å². The molecule has 0 aromatic heterocycles. The summed E-state index contributed by atoms with van der Waals surface area (Å²) in [6.45, 7) is 8.35. The summed E-state index contributed by atoms with van der Waals surface area (Å²) in [5.41, 5.74) is 0. The average molecular weight is 262 g/mol. The van der Waals surface area contributed by atoms with E-state index in [1.807, 2.05) is 0 Å². The second-order valence-electron chi connectivity index (χ2n) is 4.35. The van der Waals surface area contributed by atoms with E-state index in [-0.39, 0.29) is 0 Å². The number of ether oxygens (including phenoxy) is 3. The van der Waals surface area contributed by atoms with Gasteiger partial charge in [-0.15, -0.1) is 0 Å². The predicted molar refractivity (Wildman–Crippen MR) is 74.1 cm³/mol. The second-order valence-corrected chi connectivity index (χ2v) is 4.35. The number of methoxy groups -OCH3 is 3. The molecule has 0 aliphatic rings. The van der Waals surface area contributed by atoms with Gasteiger partial charge in [-0.1, -0.05) is 6.92 Å². The number of hydrogen-bond donors (Lipinski definition) is 1. The molecule has 0 rings (SSSR count). The predicted octanol–water partition coefficient (Wildman–Crippen LogP) is 0.596. The summed E-state index contributed by atoms with van der Waals surface area (Å²) in [6.07, 6.45) is 1.05. The number of hydrogen-bond acceptors (Lipinski definition) is 5. The van der Waals surface area contributed by atoms with Gasteiger partial charge in [-0.25, -0.2) is 0 Å². The van der Waals surface area contributed by atoms with Crippen molar-refractivity contribution < 1.29 is 14.2 Å². The van der Waals surface area contributed by atoms with Crippen LogP contribution in [-0.4, -0.2) is 78.3 Å². The average Bonchev–Trinajstić information content (AvgIpc) is 2.36. The molecule has 0 aliphatic heterocycles. The van der Waals surface area contributed by atoms with Crippen molar-refractivity contribution >= 4 is 0 Å². The molecule has 0 bridgehead atoms. The standard InChI is InChI=1S/C13H30N2O3/c1-5-14-13(12-18-4)11-15(8-10-17-3)7-6-9-16-2/h13-14H,5-12H2,1-4H3. The van der Waals surface area contributed by atoms with Crippen molar-refractivity contribution in [3.05, 3.63) is 0 Å². The molecular formula is C13H30N2O3. The Morgan fingerprint density at radius 1 is 1.00 bits per heavy atom. The molecule has 0 fully saturated rings. The van der Waals surface area contributed by atoms with Crippen LogP contribution in [0.4, 0.5) is 0 Å². The molecule has 1 atom stereocenters. The molecule has 5 heteroatoms. The van der Waals surface area contributed by atoms with Gasteiger partial charge >= 0.3 is 0 Å². The lowest BCUT2D eigenvalue weighted by atomic mass is 10.2. The van der Waals surface area contributed by atoms with E-state index >= 15 is 0 Å². The van der Waals surface area contributed by atoms with Gasteiger partial charge in [0.1, 0.15) is 0 Å². The molecule has 0 amide bonds. The monoisotopic (exact) mass is 262 g/mol. The van der Waals surface area contributed by atoms with Crippen LogP contribution in [0.25, 0.3) is 0 Å². The Bertz CT molecular complexity index is 164. The first kappa shape index (κ1) is 17.8. The molecule has 0 radical (unpaired) electrons. The molecule has 1 unspecified atom stereocenters. The van der Waals surface area contributed by atoms with E-state index in [1.165, 1.54) is 0 Å². The van der Waals surface area contributed by atoms with Gasteiger partial charge in [0.15, 0.2) is 0 Å². The zero-order valence-corrected chi connectivity index (χ0v) is 12.4.